The first-order chi connectivity index (χ1) is 9.15. The molecular formula is C13H13FN4O. The highest BCUT2D eigenvalue weighted by molar-refractivity contribution is 5.87. The molecule has 0 aliphatic rings. The molecule has 0 unspecified atom stereocenters. The number of amides is 1. The average Bonchev–Trinajstić information content (AvgIpc) is 2.39. The van der Waals surface area contributed by atoms with Crippen molar-refractivity contribution in [1.29, 1.82) is 0 Å². The lowest BCUT2D eigenvalue weighted by atomic mass is 10.2. The van der Waals surface area contributed by atoms with Gasteiger partial charge in [-0.25, -0.2) is 4.39 Å². The third kappa shape index (κ3) is 3.74. The van der Waals surface area contributed by atoms with E-state index >= 15 is 0 Å². The van der Waals surface area contributed by atoms with Crippen molar-refractivity contribution >= 4 is 17.5 Å². The van der Waals surface area contributed by atoms with Crippen LogP contribution in [0.3, 0.4) is 0 Å². The number of halogens is 1. The van der Waals surface area contributed by atoms with E-state index in [1.807, 2.05) is 0 Å². The highest BCUT2D eigenvalue weighted by Crippen LogP contribution is 2.10. The molecule has 0 saturated heterocycles. The van der Waals surface area contributed by atoms with E-state index in [-0.39, 0.29) is 11.7 Å². The van der Waals surface area contributed by atoms with Gasteiger partial charge in [0.1, 0.15) is 11.6 Å². The van der Waals surface area contributed by atoms with Gasteiger partial charge in [-0.2, -0.15) is 0 Å². The molecule has 5 nitrogen and oxygen atoms in total. The van der Waals surface area contributed by atoms with Crippen LogP contribution in [0.2, 0.25) is 0 Å². The van der Waals surface area contributed by atoms with Crippen molar-refractivity contribution in [3.8, 4) is 0 Å². The summed E-state index contributed by atoms with van der Waals surface area (Å²) >= 11 is 0. The molecule has 2 N–H and O–H groups in total. The van der Waals surface area contributed by atoms with Gasteiger partial charge < -0.3 is 10.6 Å². The lowest BCUT2D eigenvalue weighted by Gasteiger charge is -2.06. The number of anilines is 2. The van der Waals surface area contributed by atoms with Gasteiger partial charge in [0.2, 0.25) is 5.91 Å². The van der Waals surface area contributed by atoms with Crippen molar-refractivity contribution in [3.63, 3.8) is 0 Å². The first-order valence-electron chi connectivity index (χ1n) is 5.74. The van der Waals surface area contributed by atoms with Gasteiger partial charge in [0.15, 0.2) is 5.82 Å². The van der Waals surface area contributed by atoms with Gasteiger partial charge in [-0.1, -0.05) is 18.2 Å². The maximum atomic E-state index is 13.4. The monoisotopic (exact) mass is 260 g/mol. The third-order valence-corrected chi connectivity index (χ3v) is 2.39. The molecule has 6 heteroatoms. The summed E-state index contributed by atoms with van der Waals surface area (Å²) in [6, 6.07) is 9.80. The Morgan fingerprint density at radius 1 is 1.16 bits per heavy atom. The number of benzene rings is 1. The lowest BCUT2D eigenvalue weighted by molar-refractivity contribution is -0.114. The standard InChI is InChI=1S/C13H13FN4O/c1-9(19)16-13-7-6-12(17-18-13)15-8-10-4-2-3-5-11(10)14/h2-7H,8H2,1H3,(H,15,17)(H,16,18,19). The molecule has 0 saturated carbocycles. The minimum Gasteiger partial charge on any atom is -0.364 e. The normalized spacial score (nSPS) is 10.0. The zero-order valence-electron chi connectivity index (χ0n) is 10.4. The fourth-order valence-corrected chi connectivity index (χ4v) is 1.50. The number of rotatable bonds is 4. The van der Waals surface area contributed by atoms with Gasteiger partial charge in [-0.05, 0) is 18.2 Å². The molecule has 0 radical (unpaired) electrons. The molecule has 0 aliphatic heterocycles. The minimum absolute atomic E-state index is 0.207. The predicted octanol–water partition coefficient (Wildman–Crippen LogP) is 2.19. The molecule has 19 heavy (non-hydrogen) atoms. The number of nitrogens with one attached hydrogen (secondary N) is 2. The number of hydrogen-bond acceptors (Lipinski definition) is 4. The highest BCUT2D eigenvalue weighted by Gasteiger charge is 2.02. The van der Waals surface area contributed by atoms with Gasteiger partial charge in [0.05, 0.1) is 0 Å². The van der Waals surface area contributed by atoms with Crippen molar-refractivity contribution in [2.75, 3.05) is 10.6 Å². The minimum atomic E-state index is -0.266. The molecule has 0 atom stereocenters. The fraction of sp³-hybridized carbons (Fsp3) is 0.154. The molecule has 98 valence electrons. The van der Waals surface area contributed by atoms with Crippen LogP contribution in [0, 0.1) is 5.82 Å². The third-order valence-electron chi connectivity index (χ3n) is 2.39. The Bertz CT molecular complexity index is 571. The number of aromatic nitrogens is 2. The van der Waals surface area contributed by atoms with Crippen LogP contribution in [0.5, 0.6) is 0 Å². The van der Waals surface area contributed by atoms with E-state index in [1.165, 1.54) is 13.0 Å². The second kappa shape index (κ2) is 5.90. The van der Waals surface area contributed by atoms with Crippen LogP contribution in [-0.2, 0) is 11.3 Å². The summed E-state index contributed by atoms with van der Waals surface area (Å²) in [5.41, 5.74) is 0.551. The molecule has 1 aromatic carbocycles. The van der Waals surface area contributed by atoms with E-state index in [2.05, 4.69) is 20.8 Å². The van der Waals surface area contributed by atoms with E-state index in [9.17, 15) is 9.18 Å². The second-order valence-electron chi connectivity index (χ2n) is 3.93. The quantitative estimate of drug-likeness (QED) is 0.884. The topological polar surface area (TPSA) is 66.9 Å². The molecule has 0 spiro atoms. The molecule has 2 aromatic rings. The number of hydrogen-bond donors (Lipinski definition) is 2. The van der Waals surface area contributed by atoms with Gasteiger partial charge in [0, 0.05) is 19.0 Å². The van der Waals surface area contributed by atoms with Crippen molar-refractivity contribution < 1.29 is 9.18 Å². The Morgan fingerprint density at radius 2 is 1.84 bits per heavy atom. The summed E-state index contributed by atoms with van der Waals surface area (Å²) in [7, 11) is 0. The first-order valence-corrected chi connectivity index (χ1v) is 5.74. The predicted molar refractivity (Wildman–Crippen MR) is 70.1 cm³/mol. The SMILES string of the molecule is CC(=O)Nc1ccc(NCc2ccccc2F)nn1. The number of carbonyl (C=O) groups excluding carboxylic acids is 1. The largest absolute Gasteiger partial charge is 0.364 e. The van der Waals surface area contributed by atoms with Gasteiger partial charge in [-0.3, -0.25) is 4.79 Å². The Labute approximate surface area is 109 Å². The second-order valence-corrected chi connectivity index (χ2v) is 3.93. The highest BCUT2D eigenvalue weighted by atomic mass is 19.1. The van der Waals surface area contributed by atoms with Crippen molar-refractivity contribution in [2.45, 2.75) is 13.5 Å². The molecule has 2 rings (SSSR count). The molecule has 1 amide bonds. The number of carbonyl (C=O) groups is 1. The van der Waals surface area contributed by atoms with Gasteiger partial charge >= 0.3 is 0 Å². The smallest absolute Gasteiger partial charge is 0.222 e. The summed E-state index contributed by atoms with van der Waals surface area (Å²) in [6.07, 6.45) is 0. The van der Waals surface area contributed by atoms with E-state index < -0.39 is 0 Å². The molecule has 1 heterocycles. The summed E-state index contributed by atoms with van der Waals surface area (Å²) in [6.45, 7) is 1.72. The van der Waals surface area contributed by atoms with Crippen LogP contribution < -0.4 is 10.6 Å². The van der Waals surface area contributed by atoms with E-state index in [0.29, 0.717) is 23.7 Å². The summed E-state index contributed by atoms with van der Waals surface area (Å²) in [5.74, 6) is 0.417. The van der Waals surface area contributed by atoms with Crippen LogP contribution >= 0.6 is 0 Å². The molecule has 1 aromatic heterocycles. The lowest BCUT2D eigenvalue weighted by Crippen LogP contribution is -2.09. The van der Waals surface area contributed by atoms with Gasteiger partial charge in [-0.15, -0.1) is 10.2 Å². The number of nitrogens with zero attached hydrogens (tertiary/aromatic N) is 2. The van der Waals surface area contributed by atoms with Crippen molar-refractivity contribution in [2.24, 2.45) is 0 Å². The molecule has 0 bridgehead atoms. The van der Waals surface area contributed by atoms with Crippen LogP contribution in [0.25, 0.3) is 0 Å². The van der Waals surface area contributed by atoms with E-state index in [0.717, 1.165) is 0 Å². The Balaban J connectivity index is 1.97. The summed E-state index contributed by atoms with van der Waals surface area (Å²) in [4.78, 5) is 10.8. The average molecular weight is 260 g/mol. The maximum absolute atomic E-state index is 13.4. The van der Waals surface area contributed by atoms with Crippen molar-refractivity contribution in [1.82, 2.24) is 10.2 Å². The molecule has 0 fully saturated rings. The zero-order chi connectivity index (χ0) is 13.7. The van der Waals surface area contributed by atoms with E-state index in [1.54, 1.807) is 30.3 Å². The summed E-state index contributed by atoms with van der Waals surface area (Å²) < 4.78 is 13.4. The van der Waals surface area contributed by atoms with E-state index in [4.69, 9.17) is 0 Å². The van der Waals surface area contributed by atoms with Crippen LogP contribution in [0.15, 0.2) is 36.4 Å². The summed E-state index contributed by atoms with van der Waals surface area (Å²) in [5, 5.41) is 13.2. The maximum Gasteiger partial charge on any atom is 0.222 e. The van der Waals surface area contributed by atoms with Crippen molar-refractivity contribution in [3.05, 3.63) is 47.8 Å². The Morgan fingerprint density at radius 3 is 2.47 bits per heavy atom. The van der Waals surface area contributed by atoms with Crippen LogP contribution in [0.1, 0.15) is 12.5 Å². The molecule has 0 aliphatic carbocycles. The van der Waals surface area contributed by atoms with Crippen LogP contribution in [0.4, 0.5) is 16.0 Å². The van der Waals surface area contributed by atoms with Gasteiger partial charge in [0.25, 0.3) is 0 Å². The Hall–Kier alpha value is -2.50. The fourth-order valence-electron chi connectivity index (χ4n) is 1.50. The van der Waals surface area contributed by atoms with Crippen LogP contribution in [-0.4, -0.2) is 16.1 Å². The molecular weight excluding hydrogens is 247 g/mol. The zero-order valence-corrected chi connectivity index (χ0v) is 10.4. The first kappa shape index (κ1) is 12.9. The Kier molecular flexibility index (Phi) is 4.02.